The van der Waals surface area contributed by atoms with E-state index in [0.29, 0.717) is 12.0 Å². The highest BCUT2D eigenvalue weighted by atomic mass is 19.1. The first-order chi connectivity index (χ1) is 8.79. The average molecular weight is 249 g/mol. The second-order valence-corrected chi connectivity index (χ2v) is 5.40. The molecule has 1 aromatic rings. The lowest BCUT2D eigenvalue weighted by atomic mass is 9.88. The summed E-state index contributed by atoms with van der Waals surface area (Å²) in [5.41, 5.74) is 1.14. The Morgan fingerprint density at radius 2 is 2.06 bits per heavy atom. The molecule has 0 saturated heterocycles. The van der Waals surface area contributed by atoms with Crippen molar-refractivity contribution in [1.29, 1.82) is 0 Å². The van der Waals surface area contributed by atoms with Crippen molar-refractivity contribution in [3.8, 4) is 0 Å². The quantitative estimate of drug-likeness (QED) is 0.797. The predicted molar refractivity (Wildman–Crippen MR) is 74.1 cm³/mol. The lowest BCUT2D eigenvalue weighted by Gasteiger charge is -2.26. The zero-order chi connectivity index (χ0) is 12.8. The lowest BCUT2D eigenvalue weighted by molar-refractivity contribution is 0.337. The summed E-state index contributed by atoms with van der Waals surface area (Å²) in [5, 5.41) is 3.62. The van der Waals surface area contributed by atoms with Gasteiger partial charge in [0, 0.05) is 6.04 Å². The van der Waals surface area contributed by atoms with Gasteiger partial charge in [-0.3, -0.25) is 0 Å². The minimum atomic E-state index is -0.110. The molecule has 1 aliphatic rings. The van der Waals surface area contributed by atoms with Crippen LogP contribution in [0.3, 0.4) is 0 Å². The summed E-state index contributed by atoms with van der Waals surface area (Å²) in [7, 11) is 0. The fourth-order valence-electron chi connectivity index (χ4n) is 3.13. The van der Waals surface area contributed by atoms with Crippen molar-refractivity contribution in [2.75, 3.05) is 6.54 Å². The first-order valence-corrected chi connectivity index (χ1v) is 7.27. The third-order valence-electron chi connectivity index (χ3n) is 4.01. The molecule has 0 aliphatic heterocycles. The molecule has 18 heavy (non-hydrogen) atoms. The molecule has 1 fully saturated rings. The molecule has 1 aliphatic carbocycles. The van der Waals surface area contributed by atoms with E-state index in [1.807, 2.05) is 6.07 Å². The smallest absolute Gasteiger partial charge is 0.123 e. The van der Waals surface area contributed by atoms with Crippen molar-refractivity contribution < 1.29 is 4.39 Å². The largest absolute Gasteiger partial charge is 0.314 e. The maximum Gasteiger partial charge on any atom is 0.123 e. The molecule has 0 radical (unpaired) electrons. The Hall–Kier alpha value is -0.890. The van der Waals surface area contributed by atoms with Gasteiger partial charge in [0.15, 0.2) is 0 Å². The predicted octanol–water partition coefficient (Wildman–Crippen LogP) is 3.93. The van der Waals surface area contributed by atoms with Gasteiger partial charge in [-0.2, -0.15) is 0 Å². The first-order valence-electron chi connectivity index (χ1n) is 7.27. The fraction of sp³-hybridized carbons (Fsp3) is 0.625. The van der Waals surface area contributed by atoms with E-state index in [0.717, 1.165) is 18.5 Å². The molecule has 1 saturated carbocycles. The van der Waals surface area contributed by atoms with Gasteiger partial charge in [-0.25, -0.2) is 4.39 Å². The van der Waals surface area contributed by atoms with Crippen LogP contribution in [0.1, 0.15) is 44.6 Å². The second kappa shape index (κ2) is 6.89. The van der Waals surface area contributed by atoms with Crippen molar-refractivity contribution in [3.05, 3.63) is 35.6 Å². The van der Waals surface area contributed by atoms with Crippen molar-refractivity contribution in [1.82, 2.24) is 5.32 Å². The molecule has 1 N–H and O–H groups in total. The van der Waals surface area contributed by atoms with Crippen molar-refractivity contribution in [3.63, 3.8) is 0 Å². The minimum absolute atomic E-state index is 0.110. The monoisotopic (exact) mass is 249 g/mol. The SMILES string of the molecule is CCNC1CCCCCC1Cc1cccc(F)c1. The van der Waals surface area contributed by atoms with Crippen LogP contribution in [0.4, 0.5) is 4.39 Å². The van der Waals surface area contributed by atoms with Gasteiger partial charge in [0.1, 0.15) is 5.82 Å². The molecule has 0 spiro atoms. The molecule has 1 aromatic carbocycles. The van der Waals surface area contributed by atoms with Gasteiger partial charge in [-0.05, 0) is 49.4 Å². The van der Waals surface area contributed by atoms with Gasteiger partial charge >= 0.3 is 0 Å². The van der Waals surface area contributed by atoms with E-state index in [-0.39, 0.29) is 5.82 Å². The maximum absolute atomic E-state index is 13.2. The van der Waals surface area contributed by atoms with E-state index in [4.69, 9.17) is 0 Å². The van der Waals surface area contributed by atoms with Gasteiger partial charge in [0.25, 0.3) is 0 Å². The second-order valence-electron chi connectivity index (χ2n) is 5.40. The summed E-state index contributed by atoms with van der Waals surface area (Å²) >= 11 is 0. The molecule has 100 valence electrons. The molecule has 0 amide bonds. The van der Waals surface area contributed by atoms with Crippen LogP contribution in [0.25, 0.3) is 0 Å². The third kappa shape index (κ3) is 3.81. The number of halogens is 1. The van der Waals surface area contributed by atoms with Crippen molar-refractivity contribution in [2.24, 2.45) is 5.92 Å². The van der Waals surface area contributed by atoms with Crippen LogP contribution in [0.5, 0.6) is 0 Å². The van der Waals surface area contributed by atoms with Crippen LogP contribution < -0.4 is 5.32 Å². The molecule has 0 bridgehead atoms. The van der Waals surface area contributed by atoms with Crippen LogP contribution >= 0.6 is 0 Å². The summed E-state index contributed by atoms with van der Waals surface area (Å²) < 4.78 is 13.2. The van der Waals surface area contributed by atoms with Crippen LogP contribution in [-0.2, 0) is 6.42 Å². The third-order valence-corrected chi connectivity index (χ3v) is 4.01. The topological polar surface area (TPSA) is 12.0 Å². The molecule has 2 rings (SSSR count). The lowest BCUT2D eigenvalue weighted by Crippen LogP contribution is -2.36. The van der Waals surface area contributed by atoms with Gasteiger partial charge in [0.2, 0.25) is 0 Å². The number of hydrogen-bond donors (Lipinski definition) is 1. The summed E-state index contributed by atoms with van der Waals surface area (Å²) in [6.45, 7) is 3.20. The van der Waals surface area contributed by atoms with E-state index >= 15 is 0 Å². The Labute approximate surface area is 110 Å². The Balaban J connectivity index is 2.03. The van der Waals surface area contributed by atoms with Crippen molar-refractivity contribution >= 4 is 0 Å². The Bertz CT molecular complexity index is 364. The number of benzene rings is 1. The van der Waals surface area contributed by atoms with Crippen molar-refractivity contribution in [2.45, 2.75) is 51.5 Å². The average Bonchev–Trinajstić information content (AvgIpc) is 2.56. The first kappa shape index (κ1) is 13.5. The van der Waals surface area contributed by atoms with E-state index in [1.54, 1.807) is 6.07 Å². The van der Waals surface area contributed by atoms with Crippen LogP contribution in [0.15, 0.2) is 24.3 Å². The summed E-state index contributed by atoms with van der Waals surface area (Å²) in [4.78, 5) is 0. The molecule has 2 atom stereocenters. The summed E-state index contributed by atoms with van der Waals surface area (Å²) in [6.07, 6.45) is 7.55. The number of nitrogens with one attached hydrogen (secondary N) is 1. The molecular formula is C16H24FN. The standard InChI is InChI=1S/C16H24FN/c1-2-18-16-10-5-3-4-8-14(16)11-13-7-6-9-15(17)12-13/h6-7,9,12,14,16,18H,2-5,8,10-11H2,1H3. The minimum Gasteiger partial charge on any atom is -0.314 e. The van der Waals surface area contributed by atoms with E-state index in [2.05, 4.69) is 18.3 Å². The van der Waals surface area contributed by atoms with Gasteiger partial charge in [0.05, 0.1) is 0 Å². The molecule has 1 nitrogen and oxygen atoms in total. The Kier molecular flexibility index (Phi) is 5.18. The van der Waals surface area contributed by atoms with Crippen LogP contribution in [0, 0.1) is 11.7 Å². The zero-order valence-electron chi connectivity index (χ0n) is 11.3. The zero-order valence-corrected chi connectivity index (χ0v) is 11.3. The molecule has 0 heterocycles. The van der Waals surface area contributed by atoms with Gasteiger partial charge in [-0.1, -0.05) is 38.3 Å². The number of rotatable bonds is 4. The Morgan fingerprint density at radius 3 is 2.83 bits per heavy atom. The molecule has 2 unspecified atom stereocenters. The number of hydrogen-bond acceptors (Lipinski definition) is 1. The Morgan fingerprint density at radius 1 is 1.22 bits per heavy atom. The highest BCUT2D eigenvalue weighted by Gasteiger charge is 2.23. The van der Waals surface area contributed by atoms with E-state index < -0.39 is 0 Å². The van der Waals surface area contributed by atoms with Crippen LogP contribution in [-0.4, -0.2) is 12.6 Å². The molecule has 2 heteroatoms. The van der Waals surface area contributed by atoms with Gasteiger partial charge in [-0.15, -0.1) is 0 Å². The van der Waals surface area contributed by atoms with E-state index in [9.17, 15) is 4.39 Å². The highest BCUT2D eigenvalue weighted by Crippen LogP contribution is 2.26. The van der Waals surface area contributed by atoms with E-state index in [1.165, 1.54) is 38.2 Å². The normalized spacial score (nSPS) is 24.8. The fourth-order valence-corrected chi connectivity index (χ4v) is 3.13. The van der Waals surface area contributed by atoms with Gasteiger partial charge < -0.3 is 5.32 Å². The molecule has 0 aromatic heterocycles. The maximum atomic E-state index is 13.2. The summed E-state index contributed by atoms with van der Waals surface area (Å²) in [6, 6.07) is 7.70. The molecular weight excluding hydrogens is 225 g/mol. The van der Waals surface area contributed by atoms with Crippen LogP contribution in [0.2, 0.25) is 0 Å². The highest BCUT2D eigenvalue weighted by molar-refractivity contribution is 5.17. The summed E-state index contributed by atoms with van der Waals surface area (Å²) in [5.74, 6) is 0.551.